The van der Waals surface area contributed by atoms with Gasteiger partial charge in [-0.15, -0.1) is 0 Å². The van der Waals surface area contributed by atoms with Crippen molar-refractivity contribution in [1.29, 1.82) is 5.26 Å². The lowest BCUT2D eigenvalue weighted by atomic mass is 10.1. The topological polar surface area (TPSA) is 61.1 Å². The lowest BCUT2D eigenvalue weighted by molar-refractivity contribution is -0.112. The van der Waals surface area contributed by atoms with Gasteiger partial charge in [-0.1, -0.05) is 17.7 Å². The highest BCUT2D eigenvalue weighted by atomic mass is 16.1. The lowest BCUT2D eigenvalue weighted by Crippen LogP contribution is -2.14. The maximum atomic E-state index is 12.7. The van der Waals surface area contributed by atoms with Crippen molar-refractivity contribution < 1.29 is 4.79 Å². The van der Waals surface area contributed by atoms with Gasteiger partial charge in [0, 0.05) is 43.0 Å². The van der Waals surface area contributed by atoms with E-state index >= 15 is 0 Å². The summed E-state index contributed by atoms with van der Waals surface area (Å²) in [5, 5.41) is 12.4. The van der Waals surface area contributed by atoms with Crippen LogP contribution in [0, 0.1) is 25.2 Å². The van der Waals surface area contributed by atoms with Crippen LogP contribution in [-0.2, 0) is 4.79 Å². The standard InChI is InChI=1S/C24H24N4O/c1-17-7-12-23(18(2)14-17)26-24(29)19(16-25)15-22-6-5-13-28(22)21-10-8-20(9-11-21)27(3)4/h5-15H,1-4H3,(H,26,29)/b19-15-. The molecule has 0 atom stereocenters. The summed E-state index contributed by atoms with van der Waals surface area (Å²) in [5.41, 5.74) is 5.65. The van der Waals surface area contributed by atoms with E-state index in [-0.39, 0.29) is 5.57 Å². The van der Waals surface area contributed by atoms with E-state index in [2.05, 4.69) is 5.32 Å². The van der Waals surface area contributed by atoms with Crippen LogP contribution in [0.4, 0.5) is 11.4 Å². The van der Waals surface area contributed by atoms with E-state index < -0.39 is 5.91 Å². The van der Waals surface area contributed by atoms with E-state index in [0.29, 0.717) is 5.69 Å². The van der Waals surface area contributed by atoms with Gasteiger partial charge in [0.05, 0.1) is 0 Å². The number of carbonyl (C=O) groups excluding carboxylic acids is 1. The summed E-state index contributed by atoms with van der Waals surface area (Å²) in [4.78, 5) is 14.7. The van der Waals surface area contributed by atoms with Gasteiger partial charge in [-0.25, -0.2) is 0 Å². The SMILES string of the molecule is Cc1ccc(NC(=O)/C(C#N)=C\c2cccn2-c2ccc(N(C)C)cc2)c(C)c1. The van der Waals surface area contributed by atoms with Gasteiger partial charge in [0.2, 0.25) is 0 Å². The van der Waals surface area contributed by atoms with Crippen LogP contribution >= 0.6 is 0 Å². The van der Waals surface area contributed by atoms with Crippen LogP contribution in [0.3, 0.4) is 0 Å². The Morgan fingerprint density at radius 1 is 1.10 bits per heavy atom. The molecular weight excluding hydrogens is 360 g/mol. The molecule has 5 heteroatoms. The summed E-state index contributed by atoms with van der Waals surface area (Å²) in [6, 6.07) is 19.6. The Labute approximate surface area is 171 Å². The molecule has 3 aromatic rings. The van der Waals surface area contributed by atoms with Gasteiger partial charge in [-0.3, -0.25) is 4.79 Å². The molecule has 0 aliphatic rings. The van der Waals surface area contributed by atoms with Gasteiger partial charge in [0.1, 0.15) is 11.6 Å². The second-order valence-electron chi connectivity index (χ2n) is 7.16. The van der Waals surface area contributed by atoms with Crippen LogP contribution in [0.5, 0.6) is 0 Å². The first-order valence-corrected chi connectivity index (χ1v) is 9.34. The fourth-order valence-corrected chi connectivity index (χ4v) is 3.10. The number of hydrogen-bond acceptors (Lipinski definition) is 3. The first kappa shape index (κ1) is 20.0. The minimum atomic E-state index is -0.421. The predicted molar refractivity (Wildman–Crippen MR) is 118 cm³/mol. The van der Waals surface area contributed by atoms with Crippen molar-refractivity contribution in [2.75, 3.05) is 24.3 Å². The zero-order chi connectivity index (χ0) is 21.0. The van der Waals surface area contributed by atoms with Crippen LogP contribution in [-0.4, -0.2) is 24.6 Å². The van der Waals surface area contributed by atoms with E-state index in [1.165, 1.54) is 0 Å². The van der Waals surface area contributed by atoms with Crippen molar-refractivity contribution in [3.05, 3.63) is 83.2 Å². The minimum absolute atomic E-state index is 0.0508. The Hall–Kier alpha value is -3.78. The van der Waals surface area contributed by atoms with Crippen LogP contribution in [0.25, 0.3) is 11.8 Å². The molecule has 29 heavy (non-hydrogen) atoms. The first-order valence-electron chi connectivity index (χ1n) is 9.34. The van der Waals surface area contributed by atoms with Crippen molar-refractivity contribution in [1.82, 2.24) is 4.57 Å². The molecule has 146 valence electrons. The first-order chi connectivity index (χ1) is 13.9. The van der Waals surface area contributed by atoms with E-state index in [4.69, 9.17) is 0 Å². The molecular formula is C24H24N4O. The predicted octanol–water partition coefficient (Wildman–Crippen LogP) is 4.71. The summed E-state index contributed by atoms with van der Waals surface area (Å²) >= 11 is 0. The number of anilines is 2. The van der Waals surface area contributed by atoms with Crippen LogP contribution in [0.15, 0.2) is 66.4 Å². The van der Waals surface area contributed by atoms with E-state index in [1.54, 1.807) is 6.08 Å². The van der Waals surface area contributed by atoms with Gasteiger partial charge < -0.3 is 14.8 Å². The maximum Gasteiger partial charge on any atom is 0.266 e. The quantitative estimate of drug-likeness (QED) is 0.512. The summed E-state index contributed by atoms with van der Waals surface area (Å²) in [6.07, 6.45) is 3.52. The molecule has 3 rings (SSSR count). The molecule has 0 radical (unpaired) electrons. The molecule has 0 bridgehead atoms. The largest absolute Gasteiger partial charge is 0.378 e. The second kappa shape index (κ2) is 8.49. The monoisotopic (exact) mass is 384 g/mol. The molecule has 1 N–H and O–H groups in total. The molecule has 0 fully saturated rings. The molecule has 0 saturated heterocycles. The smallest absolute Gasteiger partial charge is 0.266 e. The van der Waals surface area contributed by atoms with Crippen molar-refractivity contribution in [3.63, 3.8) is 0 Å². The normalized spacial score (nSPS) is 11.1. The number of benzene rings is 2. The van der Waals surface area contributed by atoms with E-state index in [1.807, 2.05) is 104 Å². The average molecular weight is 384 g/mol. The van der Waals surface area contributed by atoms with Crippen molar-refractivity contribution >= 4 is 23.4 Å². The highest BCUT2D eigenvalue weighted by Gasteiger charge is 2.12. The summed E-state index contributed by atoms with van der Waals surface area (Å²) < 4.78 is 1.95. The number of carbonyl (C=O) groups is 1. The van der Waals surface area contributed by atoms with Crippen molar-refractivity contribution in [3.8, 4) is 11.8 Å². The number of nitriles is 1. The van der Waals surface area contributed by atoms with Gasteiger partial charge in [-0.05, 0) is 68.0 Å². The highest BCUT2D eigenvalue weighted by Crippen LogP contribution is 2.20. The lowest BCUT2D eigenvalue weighted by Gasteiger charge is -2.14. The zero-order valence-electron chi connectivity index (χ0n) is 17.1. The molecule has 1 amide bonds. The molecule has 1 aromatic heterocycles. The third-order valence-electron chi connectivity index (χ3n) is 4.71. The third kappa shape index (κ3) is 4.56. The number of aryl methyl sites for hydroxylation is 2. The number of rotatable bonds is 5. The Bertz CT molecular complexity index is 1100. The molecule has 0 unspecified atom stereocenters. The number of nitrogens with one attached hydrogen (secondary N) is 1. The molecule has 0 spiro atoms. The van der Waals surface area contributed by atoms with Crippen LogP contribution in [0.1, 0.15) is 16.8 Å². The second-order valence-corrected chi connectivity index (χ2v) is 7.16. The maximum absolute atomic E-state index is 12.7. The van der Waals surface area contributed by atoms with Gasteiger partial charge in [-0.2, -0.15) is 5.26 Å². The Morgan fingerprint density at radius 3 is 2.45 bits per heavy atom. The summed E-state index contributed by atoms with van der Waals surface area (Å²) in [6.45, 7) is 3.93. The molecule has 0 aliphatic heterocycles. The fraction of sp³-hybridized carbons (Fsp3) is 0.167. The molecule has 2 aromatic carbocycles. The van der Waals surface area contributed by atoms with E-state index in [9.17, 15) is 10.1 Å². The van der Waals surface area contributed by atoms with Gasteiger partial charge >= 0.3 is 0 Å². The molecule has 0 saturated carbocycles. The summed E-state index contributed by atoms with van der Waals surface area (Å²) in [5.74, 6) is -0.421. The summed E-state index contributed by atoms with van der Waals surface area (Å²) in [7, 11) is 3.98. The van der Waals surface area contributed by atoms with Crippen molar-refractivity contribution in [2.45, 2.75) is 13.8 Å². The molecule has 0 aliphatic carbocycles. The molecule has 5 nitrogen and oxygen atoms in total. The third-order valence-corrected chi connectivity index (χ3v) is 4.71. The van der Waals surface area contributed by atoms with Gasteiger partial charge in [0.25, 0.3) is 5.91 Å². The fourth-order valence-electron chi connectivity index (χ4n) is 3.10. The minimum Gasteiger partial charge on any atom is -0.378 e. The Morgan fingerprint density at radius 2 is 1.83 bits per heavy atom. The Balaban J connectivity index is 1.87. The zero-order valence-corrected chi connectivity index (χ0v) is 17.1. The van der Waals surface area contributed by atoms with E-state index in [0.717, 1.165) is 28.2 Å². The number of hydrogen-bond donors (Lipinski definition) is 1. The molecule has 1 heterocycles. The van der Waals surface area contributed by atoms with Crippen molar-refractivity contribution in [2.24, 2.45) is 0 Å². The van der Waals surface area contributed by atoms with Crippen LogP contribution in [0.2, 0.25) is 0 Å². The van der Waals surface area contributed by atoms with Gasteiger partial charge in [0.15, 0.2) is 0 Å². The number of nitrogens with zero attached hydrogens (tertiary/aromatic N) is 3. The average Bonchev–Trinajstić information content (AvgIpc) is 3.16. The number of aromatic nitrogens is 1. The highest BCUT2D eigenvalue weighted by molar-refractivity contribution is 6.09. The number of amides is 1. The Kier molecular flexibility index (Phi) is 5.85. The van der Waals surface area contributed by atoms with Crippen LogP contribution < -0.4 is 10.2 Å².